The highest BCUT2D eigenvalue weighted by Gasteiger charge is 2.10. The summed E-state index contributed by atoms with van der Waals surface area (Å²) in [4.78, 5) is 0. The number of hydrogen-bond donors (Lipinski definition) is 1. The van der Waals surface area contributed by atoms with Crippen molar-refractivity contribution in [3.05, 3.63) is 65.0 Å². The molecule has 2 rings (SSSR count). The van der Waals surface area contributed by atoms with Crippen LogP contribution in [0, 0.1) is 12.7 Å². The van der Waals surface area contributed by atoms with Gasteiger partial charge in [0.25, 0.3) is 0 Å². The van der Waals surface area contributed by atoms with Crippen LogP contribution in [0.3, 0.4) is 0 Å². The fourth-order valence-electron chi connectivity index (χ4n) is 2.07. The Morgan fingerprint density at radius 2 is 1.79 bits per heavy atom. The van der Waals surface area contributed by atoms with Crippen LogP contribution in [0.15, 0.2) is 42.5 Å². The average Bonchev–Trinajstić information content (AvgIpc) is 2.38. The summed E-state index contributed by atoms with van der Waals surface area (Å²) in [6.45, 7) is 4.43. The van der Waals surface area contributed by atoms with E-state index in [1.54, 1.807) is 0 Å². The fourth-order valence-corrected chi connectivity index (χ4v) is 2.07. The van der Waals surface area contributed by atoms with Gasteiger partial charge in [-0.05, 0) is 54.8 Å². The lowest BCUT2D eigenvalue weighted by Gasteiger charge is -2.14. The molecule has 3 heteroatoms. The van der Waals surface area contributed by atoms with E-state index in [0.717, 1.165) is 22.4 Å². The minimum atomic E-state index is -0.329. The Morgan fingerprint density at radius 1 is 1.11 bits per heavy atom. The molecule has 0 amide bonds. The molecule has 19 heavy (non-hydrogen) atoms. The van der Waals surface area contributed by atoms with Gasteiger partial charge >= 0.3 is 0 Å². The molecule has 0 aliphatic carbocycles. The normalized spacial score (nSPS) is 12.2. The van der Waals surface area contributed by atoms with Gasteiger partial charge < -0.3 is 10.5 Å². The Bertz CT molecular complexity index is 531. The Labute approximate surface area is 113 Å². The van der Waals surface area contributed by atoms with Crippen molar-refractivity contribution in [3.63, 3.8) is 0 Å². The summed E-state index contributed by atoms with van der Waals surface area (Å²) in [5.41, 5.74) is 8.76. The van der Waals surface area contributed by atoms with Gasteiger partial charge in [-0.15, -0.1) is 0 Å². The molecule has 0 radical (unpaired) electrons. The first-order chi connectivity index (χ1) is 9.10. The number of hydrogen-bond acceptors (Lipinski definition) is 2. The molecule has 0 bridgehead atoms. The molecule has 0 aromatic heterocycles. The summed E-state index contributed by atoms with van der Waals surface area (Å²) in [6.07, 6.45) is 0. The molecule has 2 nitrogen and oxygen atoms in total. The maximum absolute atomic E-state index is 13.4. The van der Waals surface area contributed by atoms with Gasteiger partial charge in [0.15, 0.2) is 0 Å². The van der Waals surface area contributed by atoms with Crippen LogP contribution in [0.4, 0.5) is 4.39 Å². The first-order valence-corrected chi connectivity index (χ1v) is 6.35. The van der Waals surface area contributed by atoms with Crippen LogP contribution in [0.25, 0.3) is 0 Å². The minimum absolute atomic E-state index is 0.253. The quantitative estimate of drug-likeness (QED) is 0.910. The lowest BCUT2D eigenvalue weighted by atomic mass is 9.98. The Balaban J connectivity index is 2.25. The fraction of sp³-hybridized carbons (Fsp3) is 0.250. The minimum Gasteiger partial charge on any atom is -0.494 e. The number of halogens is 1. The maximum atomic E-state index is 13.4. The molecule has 0 aliphatic rings. The maximum Gasteiger partial charge on any atom is 0.123 e. The molecular formula is C16H18FNO. The van der Waals surface area contributed by atoms with Crippen molar-refractivity contribution in [2.24, 2.45) is 5.73 Å². The zero-order chi connectivity index (χ0) is 13.8. The highest BCUT2D eigenvalue weighted by molar-refractivity contribution is 5.36. The van der Waals surface area contributed by atoms with Crippen molar-refractivity contribution in [2.45, 2.75) is 19.9 Å². The monoisotopic (exact) mass is 259 g/mol. The predicted octanol–water partition coefficient (Wildman–Crippen LogP) is 3.58. The lowest BCUT2D eigenvalue weighted by Crippen LogP contribution is -2.12. The molecule has 2 N–H and O–H groups in total. The molecule has 2 aromatic rings. The van der Waals surface area contributed by atoms with Gasteiger partial charge in [0.2, 0.25) is 0 Å². The van der Waals surface area contributed by atoms with E-state index < -0.39 is 0 Å². The number of aryl methyl sites for hydroxylation is 1. The number of rotatable bonds is 4. The molecule has 0 aliphatic heterocycles. The van der Waals surface area contributed by atoms with Crippen LogP contribution in [-0.2, 0) is 0 Å². The van der Waals surface area contributed by atoms with Crippen molar-refractivity contribution in [1.29, 1.82) is 0 Å². The molecular weight excluding hydrogens is 241 g/mol. The molecule has 0 saturated carbocycles. The van der Waals surface area contributed by atoms with Gasteiger partial charge in [-0.3, -0.25) is 0 Å². The van der Waals surface area contributed by atoms with E-state index in [0.29, 0.717) is 6.61 Å². The van der Waals surface area contributed by atoms with Crippen LogP contribution < -0.4 is 10.5 Å². The third-order valence-corrected chi connectivity index (χ3v) is 2.97. The molecule has 0 heterocycles. The van der Waals surface area contributed by atoms with Crippen molar-refractivity contribution in [3.8, 4) is 5.75 Å². The van der Waals surface area contributed by atoms with Crippen LogP contribution >= 0.6 is 0 Å². The van der Waals surface area contributed by atoms with Gasteiger partial charge in [-0.2, -0.15) is 0 Å². The highest BCUT2D eigenvalue weighted by Crippen LogP contribution is 2.23. The van der Waals surface area contributed by atoms with E-state index in [2.05, 4.69) is 0 Å². The summed E-state index contributed by atoms with van der Waals surface area (Å²) < 4.78 is 18.8. The second kappa shape index (κ2) is 5.85. The van der Waals surface area contributed by atoms with Crippen molar-refractivity contribution >= 4 is 0 Å². The standard InChI is InChI=1S/C16H18FNO/c1-3-19-15-6-4-12(5-7-15)16(18)13-8-11(2)9-14(17)10-13/h4-10,16H,3,18H2,1-2H3. The second-order valence-electron chi connectivity index (χ2n) is 4.54. The van der Waals surface area contributed by atoms with E-state index in [4.69, 9.17) is 10.5 Å². The molecule has 1 unspecified atom stereocenters. The van der Waals surface area contributed by atoms with E-state index in [-0.39, 0.29) is 11.9 Å². The molecule has 0 saturated heterocycles. The van der Waals surface area contributed by atoms with Crippen molar-refractivity contribution in [1.82, 2.24) is 0 Å². The number of ether oxygens (including phenoxy) is 1. The van der Waals surface area contributed by atoms with Crippen LogP contribution in [0.1, 0.15) is 29.7 Å². The van der Waals surface area contributed by atoms with E-state index in [1.165, 1.54) is 12.1 Å². The third-order valence-electron chi connectivity index (χ3n) is 2.97. The summed E-state index contributed by atoms with van der Waals surface area (Å²) in [5, 5.41) is 0. The zero-order valence-electron chi connectivity index (χ0n) is 11.2. The van der Waals surface area contributed by atoms with E-state index in [1.807, 2.05) is 44.2 Å². The van der Waals surface area contributed by atoms with Gasteiger partial charge in [0.1, 0.15) is 11.6 Å². The SMILES string of the molecule is CCOc1ccc(C(N)c2cc(C)cc(F)c2)cc1. The van der Waals surface area contributed by atoms with Gasteiger partial charge in [-0.25, -0.2) is 4.39 Å². The number of nitrogens with two attached hydrogens (primary N) is 1. The Kier molecular flexibility index (Phi) is 4.17. The summed E-state index contributed by atoms with van der Waals surface area (Å²) >= 11 is 0. The number of benzene rings is 2. The van der Waals surface area contributed by atoms with E-state index >= 15 is 0 Å². The average molecular weight is 259 g/mol. The predicted molar refractivity (Wildman–Crippen MR) is 74.8 cm³/mol. The molecule has 0 fully saturated rings. The van der Waals surface area contributed by atoms with Gasteiger partial charge in [0.05, 0.1) is 12.6 Å². The Morgan fingerprint density at radius 3 is 2.37 bits per heavy atom. The largest absolute Gasteiger partial charge is 0.494 e. The molecule has 1 atom stereocenters. The topological polar surface area (TPSA) is 35.2 Å². The third kappa shape index (κ3) is 3.32. The Hall–Kier alpha value is -1.87. The molecule has 100 valence electrons. The first-order valence-electron chi connectivity index (χ1n) is 6.35. The van der Waals surface area contributed by atoms with E-state index in [9.17, 15) is 4.39 Å². The second-order valence-corrected chi connectivity index (χ2v) is 4.54. The first kappa shape index (κ1) is 13.6. The summed E-state index contributed by atoms with van der Waals surface area (Å²) in [7, 11) is 0. The lowest BCUT2D eigenvalue weighted by molar-refractivity contribution is 0.340. The molecule has 0 spiro atoms. The van der Waals surface area contributed by atoms with Crippen molar-refractivity contribution in [2.75, 3.05) is 6.61 Å². The van der Waals surface area contributed by atoms with Crippen LogP contribution in [0.5, 0.6) is 5.75 Å². The summed E-state index contributed by atoms with van der Waals surface area (Å²) in [6, 6.07) is 12.1. The summed E-state index contributed by atoms with van der Waals surface area (Å²) in [5.74, 6) is 0.560. The smallest absolute Gasteiger partial charge is 0.123 e. The van der Waals surface area contributed by atoms with Crippen LogP contribution in [-0.4, -0.2) is 6.61 Å². The van der Waals surface area contributed by atoms with Gasteiger partial charge in [-0.1, -0.05) is 18.2 Å². The van der Waals surface area contributed by atoms with Crippen molar-refractivity contribution < 1.29 is 9.13 Å². The zero-order valence-corrected chi connectivity index (χ0v) is 11.2. The highest BCUT2D eigenvalue weighted by atomic mass is 19.1. The molecule has 2 aromatic carbocycles. The van der Waals surface area contributed by atoms with Gasteiger partial charge in [0, 0.05) is 0 Å². The van der Waals surface area contributed by atoms with Crippen LogP contribution in [0.2, 0.25) is 0 Å².